The van der Waals surface area contributed by atoms with E-state index in [-0.39, 0.29) is 11.6 Å². The second-order valence-electron chi connectivity index (χ2n) is 6.51. The van der Waals surface area contributed by atoms with Crippen molar-refractivity contribution < 1.29 is 4.79 Å². The number of aromatic nitrogens is 2. The molecular formula is C21H22N4O. The number of amides is 1. The number of hydrogen-bond donors (Lipinski definition) is 2. The van der Waals surface area contributed by atoms with Crippen molar-refractivity contribution in [2.75, 3.05) is 10.6 Å². The third-order valence-corrected chi connectivity index (χ3v) is 4.04. The summed E-state index contributed by atoms with van der Waals surface area (Å²) in [6.07, 6.45) is 3.02. The van der Waals surface area contributed by atoms with Crippen LogP contribution in [0.3, 0.4) is 0 Å². The summed E-state index contributed by atoms with van der Waals surface area (Å²) in [5.41, 5.74) is 4.35. The Bertz CT molecular complexity index is 869. The van der Waals surface area contributed by atoms with Gasteiger partial charge in [-0.15, -0.1) is 0 Å². The van der Waals surface area contributed by atoms with E-state index in [4.69, 9.17) is 0 Å². The first kappa shape index (κ1) is 17.6. The third kappa shape index (κ3) is 4.45. The molecule has 0 aliphatic heterocycles. The van der Waals surface area contributed by atoms with E-state index in [1.54, 1.807) is 6.20 Å². The molecule has 1 heterocycles. The molecule has 1 amide bonds. The molecule has 0 saturated carbocycles. The Labute approximate surface area is 153 Å². The van der Waals surface area contributed by atoms with E-state index < -0.39 is 0 Å². The zero-order valence-electron chi connectivity index (χ0n) is 15.2. The highest BCUT2D eigenvalue weighted by molar-refractivity contribution is 6.02. The van der Waals surface area contributed by atoms with Crippen molar-refractivity contribution in [2.24, 2.45) is 0 Å². The molecule has 5 nitrogen and oxygen atoms in total. The number of hydrogen-bond acceptors (Lipinski definition) is 4. The van der Waals surface area contributed by atoms with Crippen molar-refractivity contribution in [3.05, 3.63) is 77.7 Å². The van der Waals surface area contributed by atoms with Gasteiger partial charge in [0.1, 0.15) is 11.5 Å². The van der Waals surface area contributed by atoms with Crippen LogP contribution in [0.2, 0.25) is 0 Å². The fourth-order valence-corrected chi connectivity index (χ4v) is 2.44. The molecule has 0 radical (unpaired) electrons. The lowest BCUT2D eigenvalue weighted by molar-refractivity contribution is 0.102. The average Bonchev–Trinajstić information content (AvgIpc) is 2.64. The van der Waals surface area contributed by atoms with Crippen molar-refractivity contribution in [1.29, 1.82) is 0 Å². The number of benzene rings is 2. The van der Waals surface area contributed by atoms with Crippen LogP contribution in [0.4, 0.5) is 17.2 Å². The van der Waals surface area contributed by atoms with Crippen LogP contribution >= 0.6 is 0 Å². The highest BCUT2D eigenvalue weighted by Gasteiger charge is 2.09. The molecule has 132 valence electrons. The van der Waals surface area contributed by atoms with E-state index in [1.165, 1.54) is 17.3 Å². The SMILES string of the molecule is Cc1ccc(Nc2cnc(C(=O)Nc3ccc(C(C)C)cc3)cn2)cc1. The maximum Gasteiger partial charge on any atom is 0.275 e. The van der Waals surface area contributed by atoms with Gasteiger partial charge in [0.25, 0.3) is 5.91 Å². The van der Waals surface area contributed by atoms with Crippen LogP contribution < -0.4 is 10.6 Å². The summed E-state index contributed by atoms with van der Waals surface area (Å²) in [4.78, 5) is 20.8. The van der Waals surface area contributed by atoms with Crippen LogP contribution in [-0.4, -0.2) is 15.9 Å². The van der Waals surface area contributed by atoms with Crippen LogP contribution in [0, 0.1) is 6.92 Å². The number of rotatable bonds is 5. The third-order valence-electron chi connectivity index (χ3n) is 4.04. The van der Waals surface area contributed by atoms with Gasteiger partial charge in [0.2, 0.25) is 0 Å². The highest BCUT2D eigenvalue weighted by Crippen LogP contribution is 2.18. The molecule has 2 aromatic carbocycles. The number of nitrogens with zero attached hydrogens (tertiary/aromatic N) is 2. The molecule has 2 N–H and O–H groups in total. The van der Waals surface area contributed by atoms with E-state index in [1.807, 2.05) is 55.5 Å². The maximum atomic E-state index is 12.3. The summed E-state index contributed by atoms with van der Waals surface area (Å²) in [7, 11) is 0. The van der Waals surface area contributed by atoms with Gasteiger partial charge in [0.15, 0.2) is 0 Å². The van der Waals surface area contributed by atoms with Gasteiger partial charge in [-0.05, 0) is 42.7 Å². The maximum absolute atomic E-state index is 12.3. The molecular weight excluding hydrogens is 324 g/mol. The standard InChI is InChI=1S/C21H22N4O/c1-14(2)16-6-10-18(11-7-16)25-21(26)19-12-23-20(13-22-19)24-17-8-4-15(3)5-9-17/h4-14H,1-3H3,(H,23,24)(H,25,26). The first-order valence-electron chi connectivity index (χ1n) is 8.58. The number of nitrogens with one attached hydrogen (secondary N) is 2. The van der Waals surface area contributed by atoms with Crippen LogP contribution in [0.25, 0.3) is 0 Å². The summed E-state index contributed by atoms with van der Waals surface area (Å²) < 4.78 is 0. The molecule has 5 heteroatoms. The number of carbonyl (C=O) groups excluding carboxylic acids is 1. The molecule has 3 rings (SSSR count). The molecule has 0 fully saturated rings. The second kappa shape index (κ2) is 7.78. The Morgan fingerprint density at radius 1 is 0.885 bits per heavy atom. The molecule has 0 unspecified atom stereocenters. The molecule has 0 bridgehead atoms. The average molecular weight is 346 g/mol. The zero-order valence-corrected chi connectivity index (χ0v) is 15.2. The predicted molar refractivity (Wildman–Crippen MR) is 105 cm³/mol. The molecule has 26 heavy (non-hydrogen) atoms. The normalized spacial score (nSPS) is 10.6. The molecule has 3 aromatic rings. The van der Waals surface area contributed by atoms with Gasteiger partial charge in [0, 0.05) is 11.4 Å². The lowest BCUT2D eigenvalue weighted by Gasteiger charge is -2.09. The Balaban J connectivity index is 1.63. The lowest BCUT2D eigenvalue weighted by atomic mass is 10.0. The topological polar surface area (TPSA) is 66.9 Å². The van der Waals surface area contributed by atoms with Gasteiger partial charge in [-0.2, -0.15) is 0 Å². The number of carbonyl (C=O) groups is 1. The van der Waals surface area contributed by atoms with Crippen molar-refractivity contribution in [3.63, 3.8) is 0 Å². The van der Waals surface area contributed by atoms with E-state index >= 15 is 0 Å². The first-order chi connectivity index (χ1) is 12.5. The Morgan fingerprint density at radius 3 is 2.12 bits per heavy atom. The Morgan fingerprint density at radius 2 is 1.54 bits per heavy atom. The van der Waals surface area contributed by atoms with E-state index in [2.05, 4.69) is 34.4 Å². The minimum atomic E-state index is -0.281. The summed E-state index contributed by atoms with van der Waals surface area (Å²) in [6, 6.07) is 15.8. The van der Waals surface area contributed by atoms with Crippen molar-refractivity contribution >= 4 is 23.1 Å². The summed E-state index contributed by atoms with van der Waals surface area (Å²) in [6.45, 7) is 6.30. The van der Waals surface area contributed by atoms with E-state index in [0.29, 0.717) is 11.7 Å². The van der Waals surface area contributed by atoms with Crippen LogP contribution in [0.15, 0.2) is 60.9 Å². The van der Waals surface area contributed by atoms with Crippen LogP contribution in [0.1, 0.15) is 41.4 Å². The Kier molecular flexibility index (Phi) is 5.27. The van der Waals surface area contributed by atoms with Gasteiger partial charge < -0.3 is 10.6 Å². The summed E-state index contributed by atoms with van der Waals surface area (Å²) >= 11 is 0. The molecule has 1 aromatic heterocycles. The lowest BCUT2D eigenvalue weighted by Crippen LogP contribution is -2.14. The number of anilines is 3. The largest absolute Gasteiger partial charge is 0.339 e. The van der Waals surface area contributed by atoms with Crippen molar-refractivity contribution in [3.8, 4) is 0 Å². The zero-order chi connectivity index (χ0) is 18.5. The van der Waals surface area contributed by atoms with Crippen LogP contribution in [-0.2, 0) is 0 Å². The molecule has 0 atom stereocenters. The Hall–Kier alpha value is -3.21. The van der Waals surface area contributed by atoms with E-state index in [0.717, 1.165) is 11.4 Å². The minimum Gasteiger partial charge on any atom is -0.339 e. The second-order valence-corrected chi connectivity index (χ2v) is 6.51. The predicted octanol–water partition coefficient (Wildman–Crippen LogP) is 4.90. The fourth-order valence-electron chi connectivity index (χ4n) is 2.44. The van der Waals surface area contributed by atoms with Gasteiger partial charge in [-0.1, -0.05) is 43.7 Å². The van der Waals surface area contributed by atoms with Gasteiger partial charge in [0.05, 0.1) is 12.4 Å². The first-order valence-corrected chi connectivity index (χ1v) is 8.58. The minimum absolute atomic E-state index is 0.271. The quantitative estimate of drug-likeness (QED) is 0.689. The molecule has 0 aliphatic carbocycles. The van der Waals surface area contributed by atoms with Crippen molar-refractivity contribution in [1.82, 2.24) is 9.97 Å². The van der Waals surface area contributed by atoms with Gasteiger partial charge in [-0.3, -0.25) is 4.79 Å². The van der Waals surface area contributed by atoms with Crippen LogP contribution in [0.5, 0.6) is 0 Å². The smallest absolute Gasteiger partial charge is 0.275 e. The van der Waals surface area contributed by atoms with Gasteiger partial charge >= 0.3 is 0 Å². The monoisotopic (exact) mass is 346 g/mol. The fraction of sp³-hybridized carbons (Fsp3) is 0.190. The summed E-state index contributed by atoms with van der Waals surface area (Å²) in [5, 5.41) is 6.00. The number of aryl methyl sites for hydroxylation is 1. The molecule has 0 saturated heterocycles. The molecule has 0 aliphatic rings. The van der Waals surface area contributed by atoms with E-state index in [9.17, 15) is 4.79 Å². The molecule has 0 spiro atoms. The highest BCUT2D eigenvalue weighted by atomic mass is 16.1. The van der Waals surface area contributed by atoms with Gasteiger partial charge in [-0.25, -0.2) is 9.97 Å². The van der Waals surface area contributed by atoms with Crippen molar-refractivity contribution in [2.45, 2.75) is 26.7 Å². The summed E-state index contributed by atoms with van der Waals surface area (Å²) in [5.74, 6) is 0.766.